The summed E-state index contributed by atoms with van der Waals surface area (Å²) in [7, 11) is 0. The van der Waals surface area contributed by atoms with E-state index in [9.17, 15) is 4.79 Å². The molecule has 0 radical (unpaired) electrons. The van der Waals surface area contributed by atoms with Crippen LogP contribution in [0.15, 0.2) is 11.0 Å². The highest BCUT2D eigenvalue weighted by Crippen LogP contribution is 2.49. The lowest BCUT2D eigenvalue weighted by Crippen LogP contribution is -2.25. The minimum atomic E-state index is -0.187. The average molecular weight is 296 g/mol. The molecule has 0 unspecified atom stereocenters. The van der Waals surface area contributed by atoms with E-state index in [1.54, 1.807) is 6.20 Å². The first-order chi connectivity index (χ1) is 9.70. The Morgan fingerprint density at radius 1 is 1.40 bits per heavy atom. The number of rotatable bonds is 7. The van der Waals surface area contributed by atoms with Gasteiger partial charge < -0.3 is 5.32 Å². The van der Waals surface area contributed by atoms with E-state index >= 15 is 0 Å². The number of halogens is 1. The summed E-state index contributed by atoms with van der Waals surface area (Å²) in [5.41, 5.74) is 0.503. The number of nitrogens with zero attached hydrogens (tertiary/aromatic N) is 2. The molecule has 0 aliphatic heterocycles. The van der Waals surface area contributed by atoms with Crippen LogP contribution in [0.2, 0.25) is 5.02 Å². The third-order valence-corrected chi connectivity index (χ3v) is 4.77. The zero-order chi connectivity index (χ0) is 14.1. The summed E-state index contributed by atoms with van der Waals surface area (Å²) in [6.07, 6.45) is 8.04. The molecule has 20 heavy (non-hydrogen) atoms. The Kier molecular flexibility index (Phi) is 4.01. The van der Waals surface area contributed by atoms with Crippen molar-refractivity contribution in [1.82, 2.24) is 9.78 Å². The van der Waals surface area contributed by atoms with Gasteiger partial charge in [-0.2, -0.15) is 5.10 Å². The van der Waals surface area contributed by atoms with Gasteiger partial charge in [-0.3, -0.25) is 4.79 Å². The van der Waals surface area contributed by atoms with Crippen LogP contribution < -0.4 is 10.9 Å². The third-order valence-electron chi connectivity index (χ3n) is 4.40. The second-order valence-electron chi connectivity index (χ2n) is 6.12. The van der Waals surface area contributed by atoms with Crippen LogP contribution in [0.25, 0.3) is 0 Å². The van der Waals surface area contributed by atoms with Crippen molar-refractivity contribution in [2.24, 2.45) is 17.8 Å². The fourth-order valence-electron chi connectivity index (χ4n) is 2.95. The molecule has 2 aliphatic rings. The van der Waals surface area contributed by atoms with Crippen molar-refractivity contribution in [3.05, 3.63) is 21.6 Å². The number of anilines is 1. The number of aryl methyl sites for hydroxylation is 1. The summed E-state index contributed by atoms with van der Waals surface area (Å²) >= 11 is 6.17. The van der Waals surface area contributed by atoms with Crippen molar-refractivity contribution >= 4 is 17.3 Å². The monoisotopic (exact) mass is 295 g/mol. The number of nitrogens with one attached hydrogen (secondary N) is 1. The molecule has 110 valence electrons. The summed E-state index contributed by atoms with van der Waals surface area (Å²) < 4.78 is 1.44. The minimum Gasteiger partial charge on any atom is -0.382 e. The molecule has 0 amide bonds. The Morgan fingerprint density at radius 3 is 2.60 bits per heavy atom. The first-order valence-corrected chi connectivity index (χ1v) is 8.08. The van der Waals surface area contributed by atoms with Gasteiger partial charge in [0, 0.05) is 13.1 Å². The van der Waals surface area contributed by atoms with E-state index in [1.807, 2.05) is 6.92 Å². The molecular formula is C15H22ClN3O. The largest absolute Gasteiger partial charge is 0.382 e. The maximum Gasteiger partial charge on any atom is 0.287 e. The van der Waals surface area contributed by atoms with E-state index in [0.717, 1.165) is 30.7 Å². The predicted molar refractivity (Wildman–Crippen MR) is 81.2 cm³/mol. The SMILES string of the molecule is CCCn1ncc(NCC(C2CC2)C2CC2)c(Cl)c1=O. The van der Waals surface area contributed by atoms with Crippen LogP contribution in [0.5, 0.6) is 0 Å². The highest BCUT2D eigenvalue weighted by atomic mass is 35.5. The molecule has 4 nitrogen and oxygen atoms in total. The van der Waals surface area contributed by atoms with Crippen molar-refractivity contribution < 1.29 is 0 Å². The van der Waals surface area contributed by atoms with E-state index in [1.165, 1.54) is 30.4 Å². The second-order valence-corrected chi connectivity index (χ2v) is 6.50. The van der Waals surface area contributed by atoms with Gasteiger partial charge in [0.05, 0.1) is 11.9 Å². The fraction of sp³-hybridized carbons (Fsp3) is 0.733. The molecule has 0 spiro atoms. The van der Waals surface area contributed by atoms with Crippen LogP contribution in [0.4, 0.5) is 5.69 Å². The van der Waals surface area contributed by atoms with Gasteiger partial charge in [-0.1, -0.05) is 18.5 Å². The molecule has 2 saturated carbocycles. The van der Waals surface area contributed by atoms with Crippen LogP contribution in [0, 0.1) is 17.8 Å². The van der Waals surface area contributed by atoms with E-state index < -0.39 is 0 Å². The highest BCUT2D eigenvalue weighted by molar-refractivity contribution is 6.32. The Labute approximate surface area is 124 Å². The lowest BCUT2D eigenvalue weighted by atomic mass is 9.98. The molecule has 1 aromatic rings. The van der Waals surface area contributed by atoms with Crippen molar-refractivity contribution in [2.75, 3.05) is 11.9 Å². The van der Waals surface area contributed by atoms with Crippen LogP contribution in [0.1, 0.15) is 39.0 Å². The second kappa shape index (κ2) is 5.76. The quantitative estimate of drug-likeness (QED) is 0.840. The van der Waals surface area contributed by atoms with Gasteiger partial charge in [-0.15, -0.1) is 0 Å². The zero-order valence-corrected chi connectivity index (χ0v) is 12.7. The number of aromatic nitrogens is 2. The number of hydrogen-bond donors (Lipinski definition) is 1. The normalized spacial score (nSPS) is 18.6. The van der Waals surface area contributed by atoms with E-state index in [0.29, 0.717) is 12.2 Å². The van der Waals surface area contributed by atoms with Crippen LogP contribution in [-0.2, 0) is 6.54 Å². The molecule has 1 heterocycles. The smallest absolute Gasteiger partial charge is 0.287 e. The van der Waals surface area contributed by atoms with Gasteiger partial charge in [-0.25, -0.2) is 4.68 Å². The molecule has 0 atom stereocenters. The van der Waals surface area contributed by atoms with Gasteiger partial charge in [0.25, 0.3) is 5.56 Å². The molecule has 0 saturated heterocycles. The summed E-state index contributed by atoms with van der Waals surface area (Å²) in [6.45, 7) is 3.56. The van der Waals surface area contributed by atoms with E-state index in [4.69, 9.17) is 11.6 Å². The summed E-state index contributed by atoms with van der Waals surface area (Å²) in [5.74, 6) is 2.54. The van der Waals surface area contributed by atoms with Gasteiger partial charge in [0.1, 0.15) is 5.02 Å². The maximum absolute atomic E-state index is 12.0. The molecule has 0 bridgehead atoms. The molecule has 2 aliphatic carbocycles. The van der Waals surface area contributed by atoms with Crippen molar-refractivity contribution in [3.8, 4) is 0 Å². The topological polar surface area (TPSA) is 46.9 Å². The molecule has 2 fully saturated rings. The molecule has 3 rings (SSSR count). The maximum atomic E-state index is 12.0. The van der Waals surface area contributed by atoms with Crippen LogP contribution in [0.3, 0.4) is 0 Å². The van der Waals surface area contributed by atoms with Crippen LogP contribution in [-0.4, -0.2) is 16.3 Å². The number of hydrogen-bond acceptors (Lipinski definition) is 3. The van der Waals surface area contributed by atoms with Crippen molar-refractivity contribution in [3.63, 3.8) is 0 Å². The third kappa shape index (κ3) is 3.00. The predicted octanol–water partition coefficient (Wildman–Crippen LogP) is 3.15. The minimum absolute atomic E-state index is 0.187. The summed E-state index contributed by atoms with van der Waals surface area (Å²) in [6, 6.07) is 0. The van der Waals surface area contributed by atoms with E-state index in [2.05, 4.69) is 10.4 Å². The first-order valence-electron chi connectivity index (χ1n) is 7.70. The molecule has 5 heteroatoms. The molecule has 1 aromatic heterocycles. The van der Waals surface area contributed by atoms with Crippen molar-refractivity contribution in [2.45, 2.75) is 45.6 Å². The molecular weight excluding hydrogens is 274 g/mol. The standard InChI is InChI=1S/C15H22ClN3O/c1-2-7-19-15(20)14(16)13(9-18-19)17-8-12(10-3-4-10)11-5-6-11/h9-12,17H,2-8H2,1H3. The Morgan fingerprint density at radius 2 is 2.05 bits per heavy atom. The first kappa shape index (κ1) is 13.9. The Balaban J connectivity index is 1.67. The van der Waals surface area contributed by atoms with E-state index in [-0.39, 0.29) is 10.6 Å². The molecule has 1 N–H and O–H groups in total. The van der Waals surface area contributed by atoms with Gasteiger partial charge in [0.15, 0.2) is 0 Å². The Bertz CT molecular complexity index is 522. The van der Waals surface area contributed by atoms with Gasteiger partial charge in [-0.05, 0) is 49.9 Å². The zero-order valence-electron chi connectivity index (χ0n) is 11.9. The van der Waals surface area contributed by atoms with Crippen LogP contribution >= 0.6 is 11.6 Å². The lowest BCUT2D eigenvalue weighted by Gasteiger charge is -2.17. The highest BCUT2D eigenvalue weighted by Gasteiger charge is 2.41. The summed E-state index contributed by atoms with van der Waals surface area (Å²) in [4.78, 5) is 12.0. The Hall–Kier alpha value is -1.03. The average Bonchev–Trinajstić information content (AvgIpc) is 3.30. The fourth-order valence-corrected chi connectivity index (χ4v) is 3.17. The van der Waals surface area contributed by atoms with Crippen molar-refractivity contribution in [1.29, 1.82) is 0 Å². The summed E-state index contributed by atoms with van der Waals surface area (Å²) in [5, 5.41) is 7.82. The van der Waals surface area contributed by atoms with Gasteiger partial charge >= 0.3 is 0 Å². The lowest BCUT2D eigenvalue weighted by molar-refractivity contribution is 0.428. The van der Waals surface area contributed by atoms with Gasteiger partial charge in [0.2, 0.25) is 0 Å². The molecule has 0 aromatic carbocycles.